The van der Waals surface area contributed by atoms with Crippen LogP contribution in [0.15, 0.2) is 78.9 Å². The summed E-state index contributed by atoms with van der Waals surface area (Å²) in [6.45, 7) is 3.93. The quantitative estimate of drug-likeness (QED) is 0.485. The van der Waals surface area contributed by atoms with Gasteiger partial charge in [0.2, 0.25) is 5.91 Å². The van der Waals surface area contributed by atoms with E-state index in [1.54, 1.807) is 42.5 Å². The lowest BCUT2D eigenvalue weighted by molar-refractivity contribution is -0.124. The minimum atomic E-state index is -0.700. The summed E-state index contributed by atoms with van der Waals surface area (Å²) in [5.74, 6) is -1.65. The van der Waals surface area contributed by atoms with Gasteiger partial charge in [0.1, 0.15) is 11.9 Å². The lowest BCUT2D eigenvalue weighted by atomic mass is 10.0. The zero-order valence-corrected chi connectivity index (χ0v) is 18.5. The Morgan fingerprint density at radius 1 is 0.818 bits per heavy atom. The van der Waals surface area contributed by atoms with Gasteiger partial charge in [0, 0.05) is 23.4 Å². The average molecular weight is 448 g/mol. The topological polar surface area (TPSA) is 87.3 Å². The third-order valence-corrected chi connectivity index (χ3v) is 5.01. The molecule has 0 aliphatic heterocycles. The first-order chi connectivity index (χ1) is 15.8. The molecule has 33 heavy (non-hydrogen) atoms. The first kappa shape index (κ1) is 23.7. The smallest absolute Gasteiger partial charge is 0.255 e. The van der Waals surface area contributed by atoms with E-state index in [2.05, 4.69) is 16.0 Å². The summed E-state index contributed by atoms with van der Waals surface area (Å²) in [6.07, 6.45) is 0. The number of carbonyl (C=O) groups excluding carboxylic acids is 3. The normalized spacial score (nSPS) is 11.5. The van der Waals surface area contributed by atoms with Crippen LogP contribution < -0.4 is 16.0 Å². The standard InChI is InChI=1S/C26H26FN3O3/c1-17(2)23(30-24(31)19-9-4-3-5-10-19)26(33)28-16-18-8-6-13-22(14-18)29-25(32)20-11-7-12-21(27)15-20/h3-15,17,23H,16H2,1-2H3,(H,28,33)(H,29,32)(H,30,31). The van der Waals surface area contributed by atoms with Crippen LogP contribution >= 0.6 is 0 Å². The number of carbonyl (C=O) groups is 3. The molecule has 0 radical (unpaired) electrons. The molecular formula is C26H26FN3O3. The maximum atomic E-state index is 13.4. The number of hydrogen-bond donors (Lipinski definition) is 3. The predicted octanol–water partition coefficient (Wildman–Crippen LogP) is 4.15. The number of nitrogens with one attached hydrogen (secondary N) is 3. The van der Waals surface area contributed by atoms with E-state index in [0.717, 1.165) is 11.6 Å². The molecule has 3 aromatic carbocycles. The molecule has 0 aliphatic carbocycles. The Hall–Kier alpha value is -4.00. The van der Waals surface area contributed by atoms with Crippen molar-refractivity contribution in [2.24, 2.45) is 5.92 Å². The van der Waals surface area contributed by atoms with Crippen LogP contribution in [0.1, 0.15) is 40.1 Å². The summed E-state index contributed by atoms with van der Waals surface area (Å²) < 4.78 is 13.4. The molecule has 0 aliphatic rings. The number of halogens is 1. The molecule has 0 spiro atoms. The van der Waals surface area contributed by atoms with Gasteiger partial charge in [0.15, 0.2) is 0 Å². The van der Waals surface area contributed by atoms with Crippen LogP contribution in [-0.2, 0) is 11.3 Å². The molecule has 0 fully saturated rings. The van der Waals surface area contributed by atoms with Gasteiger partial charge in [-0.15, -0.1) is 0 Å². The number of rotatable bonds is 8. The van der Waals surface area contributed by atoms with E-state index in [0.29, 0.717) is 11.3 Å². The predicted molar refractivity (Wildman–Crippen MR) is 125 cm³/mol. The van der Waals surface area contributed by atoms with Crippen molar-refractivity contribution >= 4 is 23.4 Å². The molecule has 6 nitrogen and oxygen atoms in total. The molecule has 0 saturated heterocycles. The summed E-state index contributed by atoms with van der Waals surface area (Å²) >= 11 is 0. The highest BCUT2D eigenvalue weighted by molar-refractivity contribution is 6.04. The monoisotopic (exact) mass is 447 g/mol. The fraction of sp³-hybridized carbons (Fsp3) is 0.192. The van der Waals surface area contributed by atoms with Crippen molar-refractivity contribution < 1.29 is 18.8 Å². The fourth-order valence-corrected chi connectivity index (χ4v) is 3.24. The van der Waals surface area contributed by atoms with Gasteiger partial charge in [-0.2, -0.15) is 0 Å². The first-order valence-corrected chi connectivity index (χ1v) is 10.6. The average Bonchev–Trinajstić information content (AvgIpc) is 2.81. The highest BCUT2D eigenvalue weighted by atomic mass is 19.1. The minimum Gasteiger partial charge on any atom is -0.350 e. The molecule has 3 amide bonds. The van der Waals surface area contributed by atoms with Gasteiger partial charge >= 0.3 is 0 Å². The zero-order chi connectivity index (χ0) is 23.8. The fourth-order valence-electron chi connectivity index (χ4n) is 3.24. The van der Waals surface area contributed by atoms with Crippen LogP contribution in [0.25, 0.3) is 0 Å². The molecule has 0 saturated carbocycles. The molecule has 0 heterocycles. The number of amides is 3. The van der Waals surface area contributed by atoms with Crippen LogP contribution in [0.4, 0.5) is 10.1 Å². The SMILES string of the molecule is CC(C)C(NC(=O)c1ccccc1)C(=O)NCc1cccc(NC(=O)c2cccc(F)c2)c1. The van der Waals surface area contributed by atoms with Crippen molar-refractivity contribution in [1.29, 1.82) is 0 Å². The number of benzene rings is 3. The molecule has 1 unspecified atom stereocenters. The lowest BCUT2D eigenvalue weighted by Crippen LogP contribution is -2.49. The van der Waals surface area contributed by atoms with Crippen molar-refractivity contribution in [3.05, 3.63) is 101 Å². The molecule has 0 bridgehead atoms. The Kier molecular flexibility index (Phi) is 7.91. The van der Waals surface area contributed by atoms with E-state index in [4.69, 9.17) is 0 Å². The van der Waals surface area contributed by atoms with Crippen molar-refractivity contribution in [1.82, 2.24) is 10.6 Å². The Morgan fingerprint density at radius 2 is 1.52 bits per heavy atom. The van der Waals surface area contributed by atoms with Crippen molar-refractivity contribution in [3.63, 3.8) is 0 Å². The highest BCUT2D eigenvalue weighted by Gasteiger charge is 2.24. The van der Waals surface area contributed by atoms with Gasteiger partial charge in [-0.3, -0.25) is 14.4 Å². The van der Waals surface area contributed by atoms with Crippen LogP contribution in [0, 0.1) is 11.7 Å². The second kappa shape index (κ2) is 11.0. The van der Waals surface area contributed by atoms with E-state index < -0.39 is 17.8 Å². The van der Waals surface area contributed by atoms with Gasteiger partial charge in [0.05, 0.1) is 0 Å². The maximum absolute atomic E-state index is 13.4. The second-order valence-corrected chi connectivity index (χ2v) is 7.94. The molecular weight excluding hydrogens is 421 g/mol. The number of anilines is 1. The van der Waals surface area contributed by atoms with E-state index in [9.17, 15) is 18.8 Å². The Balaban J connectivity index is 1.60. The van der Waals surface area contributed by atoms with Gasteiger partial charge in [0.25, 0.3) is 11.8 Å². The van der Waals surface area contributed by atoms with Crippen molar-refractivity contribution in [2.75, 3.05) is 5.32 Å². The number of hydrogen-bond acceptors (Lipinski definition) is 3. The lowest BCUT2D eigenvalue weighted by Gasteiger charge is -2.22. The van der Waals surface area contributed by atoms with Crippen LogP contribution in [0.3, 0.4) is 0 Å². The summed E-state index contributed by atoms with van der Waals surface area (Å²) in [4.78, 5) is 37.6. The molecule has 7 heteroatoms. The van der Waals surface area contributed by atoms with Gasteiger partial charge < -0.3 is 16.0 Å². The van der Waals surface area contributed by atoms with Crippen LogP contribution in [0.2, 0.25) is 0 Å². The third kappa shape index (κ3) is 6.74. The van der Waals surface area contributed by atoms with Gasteiger partial charge in [-0.1, -0.05) is 50.2 Å². The van der Waals surface area contributed by atoms with E-state index in [1.807, 2.05) is 26.0 Å². The van der Waals surface area contributed by atoms with E-state index in [1.165, 1.54) is 18.2 Å². The summed E-state index contributed by atoms with van der Waals surface area (Å²) in [5.41, 5.74) is 1.98. The third-order valence-electron chi connectivity index (χ3n) is 5.01. The Morgan fingerprint density at radius 3 is 2.21 bits per heavy atom. The first-order valence-electron chi connectivity index (χ1n) is 10.6. The van der Waals surface area contributed by atoms with Crippen molar-refractivity contribution in [3.8, 4) is 0 Å². The largest absolute Gasteiger partial charge is 0.350 e. The van der Waals surface area contributed by atoms with Crippen LogP contribution in [0.5, 0.6) is 0 Å². The molecule has 170 valence electrons. The molecule has 3 N–H and O–H groups in total. The summed E-state index contributed by atoms with van der Waals surface area (Å²) in [5, 5.41) is 8.35. The van der Waals surface area contributed by atoms with E-state index in [-0.39, 0.29) is 29.8 Å². The minimum absolute atomic E-state index is 0.116. The summed E-state index contributed by atoms with van der Waals surface area (Å²) in [6, 6.07) is 20.4. The van der Waals surface area contributed by atoms with Crippen LogP contribution in [-0.4, -0.2) is 23.8 Å². The summed E-state index contributed by atoms with van der Waals surface area (Å²) in [7, 11) is 0. The molecule has 3 rings (SSSR count). The molecule has 3 aromatic rings. The highest BCUT2D eigenvalue weighted by Crippen LogP contribution is 2.14. The molecule has 0 aromatic heterocycles. The zero-order valence-electron chi connectivity index (χ0n) is 18.5. The van der Waals surface area contributed by atoms with Gasteiger partial charge in [-0.25, -0.2) is 4.39 Å². The molecule has 1 atom stereocenters. The van der Waals surface area contributed by atoms with Crippen molar-refractivity contribution in [2.45, 2.75) is 26.4 Å². The van der Waals surface area contributed by atoms with E-state index >= 15 is 0 Å². The van der Waals surface area contributed by atoms with Gasteiger partial charge in [-0.05, 0) is 53.9 Å². The Labute approximate surface area is 192 Å². The maximum Gasteiger partial charge on any atom is 0.255 e. The Bertz CT molecular complexity index is 1130. The second-order valence-electron chi connectivity index (χ2n) is 7.94.